The predicted octanol–water partition coefficient (Wildman–Crippen LogP) is 3.88. The number of furan rings is 1. The Hall–Kier alpha value is -2.88. The summed E-state index contributed by atoms with van der Waals surface area (Å²) < 4.78 is 11.4. The lowest BCUT2D eigenvalue weighted by atomic mass is 9.72. The molecule has 0 spiro atoms. The molecule has 0 saturated heterocycles. The van der Waals surface area contributed by atoms with Gasteiger partial charge in [-0.05, 0) is 43.7 Å². The third-order valence-corrected chi connectivity index (χ3v) is 4.62. The number of ether oxygens (including phenoxy) is 1. The molecule has 1 aromatic heterocycles. The zero-order chi connectivity index (χ0) is 16.9. The molecular formula is C20H16O4. The summed E-state index contributed by atoms with van der Waals surface area (Å²) in [5.41, 5.74) is 2.39. The van der Waals surface area contributed by atoms with Crippen LogP contribution in [0, 0.1) is 0 Å². The molecule has 1 heterocycles. The summed E-state index contributed by atoms with van der Waals surface area (Å²) in [5, 5.41) is 0.845. The van der Waals surface area contributed by atoms with Gasteiger partial charge in [0.05, 0.1) is 5.56 Å². The highest BCUT2D eigenvalue weighted by Crippen LogP contribution is 2.46. The van der Waals surface area contributed by atoms with Crippen LogP contribution in [0.5, 0.6) is 5.75 Å². The van der Waals surface area contributed by atoms with E-state index in [1.165, 1.54) is 0 Å². The Labute approximate surface area is 139 Å². The second-order valence-corrected chi connectivity index (χ2v) is 6.44. The van der Waals surface area contributed by atoms with Gasteiger partial charge in [0.2, 0.25) is 0 Å². The Kier molecular flexibility index (Phi) is 3.10. The minimum absolute atomic E-state index is 0.0109. The lowest BCUT2D eigenvalue weighted by Crippen LogP contribution is -2.29. The summed E-state index contributed by atoms with van der Waals surface area (Å²) in [6.07, 6.45) is 0.701. The van der Waals surface area contributed by atoms with Crippen molar-refractivity contribution in [3.8, 4) is 5.75 Å². The van der Waals surface area contributed by atoms with Gasteiger partial charge < -0.3 is 9.15 Å². The van der Waals surface area contributed by atoms with Gasteiger partial charge in [0.1, 0.15) is 23.7 Å². The van der Waals surface area contributed by atoms with Crippen LogP contribution in [0.1, 0.15) is 41.1 Å². The highest BCUT2D eigenvalue weighted by atomic mass is 16.5. The fraction of sp³-hybridized carbons (Fsp3) is 0.200. The zero-order valence-corrected chi connectivity index (χ0v) is 13.5. The number of hydrogen-bond donors (Lipinski definition) is 0. The van der Waals surface area contributed by atoms with Crippen molar-refractivity contribution in [2.45, 2.75) is 19.3 Å². The largest absolute Gasteiger partial charge is 0.486 e. The zero-order valence-electron chi connectivity index (χ0n) is 13.5. The number of hydrogen-bond acceptors (Lipinski definition) is 4. The van der Waals surface area contributed by atoms with Crippen LogP contribution in [-0.4, -0.2) is 18.7 Å². The molecule has 120 valence electrons. The Morgan fingerprint density at radius 1 is 1.17 bits per heavy atom. The maximum atomic E-state index is 13.0. The van der Waals surface area contributed by atoms with Gasteiger partial charge in [-0.25, -0.2) is 0 Å². The summed E-state index contributed by atoms with van der Waals surface area (Å²) in [5.74, 6) is 1.21. The quantitative estimate of drug-likeness (QED) is 0.687. The molecule has 0 saturated carbocycles. The first kappa shape index (κ1) is 14.7. The van der Waals surface area contributed by atoms with Crippen molar-refractivity contribution < 1.29 is 18.7 Å². The predicted molar refractivity (Wildman–Crippen MR) is 89.8 cm³/mol. The smallest absolute Gasteiger partial charge is 0.197 e. The van der Waals surface area contributed by atoms with E-state index in [1.54, 1.807) is 12.1 Å². The van der Waals surface area contributed by atoms with Crippen molar-refractivity contribution in [3.05, 3.63) is 64.9 Å². The van der Waals surface area contributed by atoms with E-state index in [0.29, 0.717) is 34.5 Å². The van der Waals surface area contributed by atoms with Gasteiger partial charge >= 0.3 is 0 Å². The first-order valence-corrected chi connectivity index (χ1v) is 7.81. The van der Waals surface area contributed by atoms with Crippen molar-refractivity contribution in [2.75, 3.05) is 6.61 Å². The van der Waals surface area contributed by atoms with Gasteiger partial charge in [0, 0.05) is 16.4 Å². The van der Waals surface area contributed by atoms with Gasteiger partial charge in [-0.15, -0.1) is 0 Å². The molecule has 0 atom stereocenters. The van der Waals surface area contributed by atoms with Gasteiger partial charge in [-0.3, -0.25) is 9.59 Å². The summed E-state index contributed by atoms with van der Waals surface area (Å²) in [7, 11) is 0. The molecule has 3 aromatic rings. The van der Waals surface area contributed by atoms with Crippen LogP contribution in [0.4, 0.5) is 0 Å². The van der Waals surface area contributed by atoms with E-state index in [4.69, 9.17) is 9.15 Å². The van der Waals surface area contributed by atoms with Crippen LogP contribution in [0.2, 0.25) is 0 Å². The third kappa shape index (κ3) is 1.92. The summed E-state index contributed by atoms with van der Waals surface area (Å²) >= 11 is 0. The number of para-hydroxylation sites is 1. The van der Waals surface area contributed by atoms with Crippen molar-refractivity contribution in [3.63, 3.8) is 0 Å². The average Bonchev–Trinajstić information content (AvgIpc) is 2.99. The molecule has 2 aromatic carbocycles. The monoisotopic (exact) mass is 320 g/mol. The number of rotatable bonds is 3. The number of aldehydes is 1. The van der Waals surface area contributed by atoms with Crippen molar-refractivity contribution in [2.24, 2.45) is 0 Å². The number of fused-ring (bicyclic) bond motifs is 4. The van der Waals surface area contributed by atoms with E-state index >= 15 is 0 Å². The lowest BCUT2D eigenvalue weighted by Gasteiger charge is -2.30. The molecule has 1 aliphatic carbocycles. The Balaban J connectivity index is 1.95. The van der Waals surface area contributed by atoms with E-state index in [2.05, 4.69) is 0 Å². The number of carbonyl (C=O) groups is 2. The summed E-state index contributed by atoms with van der Waals surface area (Å²) in [6.45, 7) is 4.05. The molecule has 4 nitrogen and oxygen atoms in total. The van der Waals surface area contributed by atoms with Crippen molar-refractivity contribution in [1.29, 1.82) is 0 Å². The first-order valence-electron chi connectivity index (χ1n) is 7.81. The van der Waals surface area contributed by atoms with Crippen LogP contribution in [-0.2, 0) is 10.2 Å². The van der Waals surface area contributed by atoms with Crippen LogP contribution in [0.3, 0.4) is 0 Å². The molecule has 0 N–H and O–H groups in total. The molecule has 0 aliphatic heterocycles. The molecule has 0 amide bonds. The van der Waals surface area contributed by atoms with E-state index in [-0.39, 0.29) is 12.4 Å². The van der Waals surface area contributed by atoms with Crippen molar-refractivity contribution in [1.82, 2.24) is 0 Å². The molecular weight excluding hydrogens is 304 g/mol. The summed E-state index contributed by atoms with van der Waals surface area (Å²) in [6, 6.07) is 12.9. The van der Waals surface area contributed by atoms with Crippen LogP contribution in [0.15, 0.2) is 46.9 Å². The lowest BCUT2D eigenvalue weighted by molar-refractivity contribution is -0.109. The van der Waals surface area contributed by atoms with Crippen LogP contribution >= 0.6 is 0 Å². The Morgan fingerprint density at radius 3 is 2.75 bits per heavy atom. The van der Waals surface area contributed by atoms with Crippen LogP contribution in [0.25, 0.3) is 11.0 Å². The standard InChI is InChI=1S/C20H16O4/c1-20(2)15-11-12(23-10-9-21)7-8-13(15)18(22)17-14-5-3-4-6-16(14)24-19(17)20/h3-9,11H,10H2,1-2H3. The molecule has 0 fully saturated rings. The van der Waals surface area contributed by atoms with Gasteiger partial charge in [-0.2, -0.15) is 0 Å². The van der Waals surface area contributed by atoms with Crippen LogP contribution < -0.4 is 4.74 Å². The second-order valence-electron chi connectivity index (χ2n) is 6.44. The first-order chi connectivity index (χ1) is 11.5. The van der Waals surface area contributed by atoms with E-state index in [0.717, 1.165) is 10.9 Å². The third-order valence-electron chi connectivity index (χ3n) is 4.62. The minimum atomic E-state index is -0.474. The van der Waals surface area contributed by atoms with E-state index < -0.39 is 5.41 Å². The minimum Gasteiger partial charge on any atom is -0.486 e. The number of benzene rings is 2. The Bertz CT molecular complexity index is 978. The molecule has 24 heavy (non-hydrogen) atoms. The van der Waals surface area contributed by atoms with Gasteiger partial charge in [-0.1, -0.05) is 18.2 Å². The molecule has 0 unspecified atom stereocenters. The average molecular weight is 320 g/mol. The summed E-state index contributed by atoms with van der Waals surface area (Å²) in [4.78, 5) is 23.6. The number of ketones is 1. The van der Waals surface area contributed by atoms with Crippen molar-refractivity contribution >= 4 is 23.0 Å². The molecule has 4 heteroatoms. The maximum Gasteiger partial charge on any atom is 0.197 e. The fourth-order valence-corrected chi connectivity index (χ4v) is 3.43. The van der Waals surface area contributed by atoms with E-state index in [1.807, 2.05) is 44.2 Å². The molecule has 0 bridgehead atoms. The maximum absolute atomic E-state index is 13.0. The highest BCUT2D eigenvalue weighted by Gasteiger charge is 2.41. The second kappa shape index (κ2) is 5.06. The molecule has 0 radical (unpaired) electrons. The number of carbonyl (C=O) groups excluding carboxylic acids is 2. The Morgan fingerprint density at radius 2 is 1.96 bits per heavy atom. The van der Waals surface area contributed by atoms with E-state index in [9.17, 15) is 9.59 Å². The van der Waals surface area contributed by atoms with Gasteiger partial charge in [0.25, 0.3) is 0 Å². The SMILES string of the molecule is CC1(C)c2cc(OCC=O)ccc2C(=O)c2c1oc1ccccc21. The molecule has 1 aliphatic rings. The highest BCUT2D eigenvalue weighted by molar-refractivity contribution is 6.19. The normalized spacial score (nSPS) is 15.0. The topological polar surface area (TPSA) is 56.5 Å². The fourth-order valence-electron chi connectivity index (χ4n) is 3.43. The molecule has 4 rings (SSSR count). The van der Waals surface area contributed by atoms with Gasteiger partial charge in [0.15, 0.2) is 12.1 Å².